The Labute approximate surface area is 114 Å². The fourth-order valence-corrected chi connectivity index (χ4v) is 2.91. The average molecular weight is 253 g/mol. The maximum Gasteiger partial charge on any atom is 0.127 e. The Morgan fingerprint density at radius 3 is 2.74 bits per heavy atom. The number of ether oxygens (including phenoxy) is 1. The van der Waals surface area contributed by atoms with E-state index in [4.69, 9.17) is 4.74 Å². The van der Waals surface area contributed by atoms with Crippen LogP contribution < -0.4 is 10.1 Å². The zero-order chi connectivity index (χ0) is 13.4. The lowest BCUT2D eigenvalue weighted by atomic mass is 9.96. The number of hydrogen-bond donors (Lipinski definition) is 1. The lowest BCUT2D eigenvalue weighted by molar-refractivity contribution is 0.416. The molecule has 3 rings (SSSR count). The van der Waals surface area contributed by atoms with Crippen molar-refractivity contribution in [2.24, 2.45) is 0 Å². The highest BCUT2D eigenvalue weighted by Gasteiger charge is 2.14. The van der Waals surface area contributed by atoms with Gasteiger partial charge in [-0.05, 0) is 54.7 Å². The topological polar surface area (TPSA) is 21.3 Å². The van der Waals surface area contributed by atoms with E-state index >= 15 is 0 Å². The van der Waals surface area contributed by atoms with E-state index in [1.165, 1.54) is 33.5 Å². The first-order valence-electron chi connectivity index (χ1n) is 6.71. The normalized spacial score (nSPS) is 13.0. The highest BCUT2D eigenvalue weighted by Crippen LogP contribution is 2.37. The third-order valence-corrected chi connectivity index (χ3v) is 3.77. The number of aryl methyl sites for hydroxylation is 2. The van der Waals surface area contributed by atoms with Crippen molar-refractivity contribution < 1.29 is 4.74 Å². The van der Waals surface area contributed by atoms with Gasteiger partial charge < -0.3 is 10.1 Å². The van der Waals surface area contributed by atoms with Crippen LogP contribution in [0.2, 0.25) is 0 Å². The van der Waals surface area contributed by atoms with Gasteiger partial charge >= 0.3 is 0 Å². The van der Waals surface area contributed by atoms with E-state index in [1.807, 2.05) is 0 Å². The van der Waals surface area contributed by atoms with E-state index in [-0.39, 0.29) is 0 Å². The minimum atomic E-state index is 0.954. The number of methoxy groups -OCH3 is 1. The number of rotatable bonds is 2. The van der Waals surface area contributed by atoms with Crippen molar-refractivity contribution in [3.05, 3.63) is 47.0 Å². The van der Waals surface area contributed by atoms with E-state index in [9.17, 15) is 0 Å². The molecule has 2 heteroatoms. The second kappa shape index (κ2) is 4.61. The molecule has 0 atom stereocenters. The quantitative estimate of drug-likeness (QED) is 0.875. The summed E-state index contributed by atoms with van der Waals surface area (Å²) in [5.41, 5.74) is 7.59. The summed E-state index contributed by atoms with van der Waals surface area (Å²) in [7, 11) is 1.74. The van der Waals surface area contributed by atoms with Crippen molar-refractivity contribution in [2.45, 2.75) is 20.3 Å². The Hall–Kier alpha value is -1.96. The molecule has 2 nitrogen and oxygen atoms in total. The van der Waals surface area contributed by atoms with Gasteiger partial charge in [-0.1, -0.05) is 18.2 Å². The van der Waals surface area contributed by atoms with Crippen LogP contribution in [0.5, 0.6) is 5.75 Å². The minimum absolute atomic E-state index is 0.954. The Balaban J connectivity index is 2.16. The Morgan fingerprint density at radius 1 is 1.11 bits per heavy atom. The predicted molar refractivity (Wildman–Crippen MR) is 80.1 cm³/mol. The van der Waals surface area contributed by atoms with Crippen molar-refractivity contribution >= 4 is 5.69 Å². The van der Waals surface area contributed by atoms with Crippen molar-refractivity contribution in [3.8, 4) is 16.9 Å². The lowest BCUT2D eigenvalue weighted by Gasteiger charge is -2.14. The molecule has 0 amide bonds. The van der Waals surface area contributed by atoms with Crippen LogP contribution in [0.1, 0.15) is 16.7 Å². The van der Waals surface area contributed by atoms with Gasteiger partial charge in [-0.3, -0.25) is 0 Å². The van der Waals surface area contributed by atoms with Gasteiger partial charge in [0.1, 0.15) is 5.75 Å². The second-order valence-corrected chi connectivity index (χ2v) is 5.21. The first-order chi connectivity index (χ1) is 9.19. The van der Waals surface area contributed by atoms with Crippen molar-refractivity contribution in [2.75, 3.05) is 19.0 Å². The molecule has 0 bridgehead atoms. The Bertz CT molecular complexity index is 631. The Kier molecular flexibility index (Phi) is 2.94. The van der Waals surface area contributed by atoms with E-state index in [1.54, 1.807) is 7.11 Å². The molecular weight excluding hydrogens is 234 g/mol. The van der Waals surface area contributed by atoms with E-state index < -0.39 is 0 Å². The van der Waals surface area contributed by atoms with Gasteiger partial charge in [-0.15, -0.1) is 0 Å². The molecule has 1 aliphatic heterocycles. The van der Waals surface area contributed by atoms with E-state index in [0.29, 0.717) is 0 Å². The van der Waals surface area contributed by atoms with Gasteiger partial charge in [0, 0.05) is 17.8 Å². The SMILES string of the molecule is COc1cc(C)cc(C)c1-c1ccc2c(c1)NCC2. The van der Waals surface area contributed by atoms with Crippen LogP contribution in [0.4, 0.5) is 5.69 Å². The first kappa shape index (κ1) is 12.1. The molecular formula is C17H19NO. The summed E-state index contributed by atoms with van der Waals surface area (Å²) in [6.07, 6.45) is 1.12. The maximum atomic E-state index is 5.56. The first-order valence-corrected chi connectivity index (χ1v) is 6.71. The van der Waals surface area contributed by atoms with E-state index in [0.717, 1.165) is 18.7 Å². The fraction of sp³-hybridized carbons (Fsp3) is 0.294. The molecule has 1 aliphatic rings. The molecule has 0 fully saturated rings. The van der Waals surface area contributed by atoms with Crippen molar-refractivity contribution in [1.82, 2.24) is 0 Å². The molecule has 2 aromatic rings. The zero-order valence-corrected chi connectivity index (χ0v) is 11.7. The highest BCUT2D eigenvalue weighted by atomic mass is 16.5. The highest BCUT2D eigenvalue weighted by molar-refractivity contribution is 5.78. The number of fused-ring (bicyclic) bond motifs is 1. The molecule has 1 N–H and O–H groups in total. The average Bonchev–Trinajstić information content (AvgIpc) is 2.84. The molecule has 0 radical (unpaired) electrons. The third-order valence-electron chi connectivity index (χ3n) is 3.77. The molecule has 0 saturated carbocycles. The molecule has 0 unspecified atom stereocenters. The monoisotopic (exact) mass is 253 g/mol. The predicted octanol–water partition coefficient (Wildman–Crippen LogP) is 3.95. The Morgan fingerprint density at radius 2 is 1.95 bits per heavy atom. The zero-order valence-electron chi connectivity index (χ0n) is 11.7. The number of nitrogens with one attached hydrogen (secondary N) is 1. The van der Waals surface area contributed by atoms with Gasteiger partial charge in [0.2, 0.25) is 0 Å². The van der Waals surface area contributed by atoms with Crippen molar-refractivity contribution in [1.29, 1.82) is 0 Å². The molecule has 19 heavy (non-hydrogen) atoms. The summed E-state index contributed by atoms with van der Waals surface area (Å²) in [5, 5.41) is 3.44. The molecule has 2 aromatic carbocycles. The molecule has 0 aliphatic carbocycles. The summed E-state index contributed by atoms with van der Waals surface area (Å²) in [5.74, 6) is 0.954. The van der Waals surface area contributed by atoms with Crippen LogP contribution in [-0.4, -0.2) is 13.7 Å². The number of anilines is 1. The van der Waals surface area contributed by atoms with Crippen LogP contribution in [0.3, 0.4) is 0 Å². The molecule has 0 spiro atoms. The van der Waals surface area contributed by atoms with Crippen LogP contribution in [0, 0.1) is 13.8 Å². The van der Waals surface area contributed by atoms with Crippen LogP contribution in [0.25, 0.3) is 11.1 Å². The number of hydrogen-bond acceptors (Lipinski definition) is 2. The van der Waals surface area contributed by atoms with Gasteiger partial charge in [-0.25, -0.2) is 0 Å². The molecule has 98 valence electrons. The summed E-state index contributed by atoms with van der Waals surface area (Å²) < 4.78 is 5.56. The fourth-order valence-electron chi connectivity index (χ4n) is 2.91. The largest absolute Gasteiger partial charge is 0.496 e. The van der Waals surface area contributed by atoms with Gasteiger partial charge in [-0.2, -0.15) is 0 Å². The van der Waals surface area contributed by atoms with Crippen LogP contribution >= 0.6 is 0 Å². The smallest absolute Gasteiger partial charge is 0.127 e. The molecule has 0 aromatic heterocycles. The second-order valence-electron chi connectivity index (χ2n) is 5.21. The van der Waals surface area contributed by atoms with Crippen molar-refractivity contribution in [3.63, 3.8) is 0 Å². The number of benzene rings is 2. The summed E-state index contributed by atoms with van der Waals surface area (Å²) in [4.78, 5) is 0. The van der Waals surface area contributed by atoms with Gasteiger partial charge in [0.15, 0.2) is 0 Å². The summed E-state index contributed by atoms with van der Waals surface area (Å²) >= 11 is 0. The third kappa shape index (κ3) is 2.07. The summed E-state index contributed by atoms with van der Waals surface area (Å²) in [6, 6.07) is 11.0. The van der Waals surface area contributed by atoms with Gasteiger partial charge in [0.05, 0.1) is 7.11 Å². The van der Waals surface area contributed by atoms with Crippen LogP contribution in [-0.2, 0) is 6.42 Å². The van der Waals surface area contributed by atoms with E-state index in [2.05, 4.69) is 49.5 Å². The minimum Gasteiger partial charge on any atom is -0.496 e. The summed E-state index contributed by atoms with van der Waals surface area (Å²) in [6.45, 7) is 5.29. The van der Waals surface area contributed by atoms with Crippen LogP contribution in [0.15, 0.2) is 30.3 Å². The lowest BCUT2D eigenvalue weighted by Crippen LogP contribution is -1.94. The molecule has 1 heterocycles. The maximum absolute atomic E-state index is 5.56. The van der Waals surface area contributed by atoms with Gasteiger partial charge in [0.25, 0.3) is 0 Å². The molecule has 0 saturated heterocycles. The standard InChI is InChI=1S/C17H19NO/c1-11-8-12(2)17(16(9-11)19-3)14-5-4-13-6-7-18-15(13)10-14/h4-5,8-10,18H,6-7H2,1-3H3.